The Morgan fingerprint density at radius 3 is 2.86 bits per heavy atom. The highest BCUT2D eigenvalue weighted by Crippen LogP contribution is 2.36. The molecule has 0 saturated carbocycles. The van der Waals surface area contributed by atoms with Crippen LogP contribution in [0.4, 0.5) is 10.1 Å². The first kappa shape index (κ1) is 19.8. The standard InChI is InChI=1S/C19H16FN3O4S.ClH/c1-8-6-22(3-4-27-8)16-10(20)5-9-15-12(16)14(21-2)11-7-28-18(23(11)15)13(17(9)24)19(25)26;/h5,7-8H,3-4,6H2,1-2H3,(H,25,26);1H. The van der Waals surface area contributed by atoms with Gasteiger partial charge in [-0.25, -0.2) is 9.18 Å². The van der Waals surface area contributed by atoms with Gasteiger partial charge in [-0.2, -0.15) is 0 Å². The smallest absolute Gasteiger partial charge is 0.342 e. The minimum Gasteiger partial charge on any atom is -0.477 e. The normalized spacial score (nSPS) is 18.2. The maximum Gasteiger partial charge on any atom is 0.342 e. The molecule has 4 heterocycles. The van der Waals surface area contributed by atoms with Gasteiger partial charge in [-0.1, -0.05) is 0 Å². The lowest BCUT2D eigenvalue weighted by Crippen LogP contribution is -2.42. The monoisotopic (exact) mass is 437 g/mol. The zero-order valence-corrected chi connectivity index (χ0v) is 17.2. The second-order valence-electron chi connectivity index (χ2n) is 6.95. The molecule has 7 nitrogen and oxygen atoms in total. The van der Waals surface area contributed by atoms with Crippen LogP contribution in [0.5, 0.6) is 0 Å². The van der Waals surface area contributed by atoms with Crippen molar-refractivity contribution in [1.29, 1.82) is 0 Å². The summed E-state index contributed by atoms with van der Waals surface area (Å²) in [6, 6.07) is 1.16. The first-order chi connectivity index (χ1) is 13.4. The number of nitrogens with zero attached hydrogens (tertiary/aromatic N) is 3. The number of carboxylic acids is 1. The number of carboxylic acid groups (broad SMARTS) is 1. The zero-order chi connectivity index (χ0) is 19.7. The third-order valence-electron chi connectivity index (χ3n) is 5.34. The van der Waals surface area contributed by atoms with Crippen molar-refractivity contribution >= 4 is 62.0 Å². The minimum absolute atomic E-state index is 0. The highest BCUT2D eigenvalue weighted by atomic mass is 35.5. The number of aromatic carboxylic acids is 1. The van der Waals surface area contributed by atoms with Gasteiger partial charge < -0.3 is 14.7 Å². The molecule has 0 aliphatic carbocycles. The van der Waals surface area contributed by atoms with Crippen LogP contribution in [-0.2, 0) is 4.74 Å². The SMILES string of the molecule is CN=c1c2c(N3CCOC(C)C3)c(F)cc3c(=O)c(C(=O)O)c4scc1n4c32.Cl. The molecule has 0 bridgehead atoms. The summed E-state index contributed by atoms with van der Waals surface area (Å²) in [6.45, 7) is 3.45. The van der Waals surface area contributed by atoms with Gasteiger partial charge in [-0.05, 0) is 13.0 Å². The molecular weight excluding hydrogens is 421 g/mol. The lowest BCUT2D eigenvalue weighted by atomic mass is 10.1. The third-order valence-corrected chi connectivity index (χ3v) is 6.29. The number of morpholine rings is 1. The summed E-state index contributed by atoms with van der Waals surface area (Å²) in [6.07, 6.45) is -0.0509. The van der Waals surface area contributed by atoms with Crippen LogP contribution in [0.15, 0.2) is 21.2 Å². The maximum absolute atomic E-state index is 15.3. The summed E-state index contributed by atoms with van der Waals surface area (Å²) >= 11 is 1.18. The molecule has 0 spiro atoms. The number of pyridine rings is 1. The van der Waals surface area contributed by atoms with E-state index in [1.54, 1.807) is 16.8 Å². The van der Waals surface area contributed by atoms with Crippen LogP contribution in [0.25, 0.3) is 26.6 Å². The van der Waals surface area contributed by atoms with Crippen molar-refractivity contribution in [3.05, 3.63) is 38.4 Å². The lowest BCUT2D eigenvalue weighted by molar-refractivity contribution is 0.0531. The van der Waals surface area contributed by atoms with Crippen molar-refractivity contribution < 1.29 is 19.0 Å². The fraction of sp³-hybridized carbons (Fsp3) is 0.316. The van der Waals surface area contributed by atoms with Crippen LogP contribution in [0, 0.1) is 5.82 Å². The van der Waals surface area contributed by atoms with Crippen molar-refractivity contribution in [3.63, 3.8) is 0 Å². The predicted molar refractivity (Wildman–Crippen MR) is 112 cm³/mol. The Hall–Kier alpha value is -2.49. The molecule has 1 N–H and O–H groups in total. The number of benzene rings is 1. The Balaban J connectivity index is 0.00000205. The number of anilines is 1. The van der Waals surface area contributed by atoms with Crippen LogP contribution in [0.2, 0.25) is 0 Å². The van der Waals surface area contributed by atoms with Gasteiger partial charge in [0.05, 0.1) is 45.6 Å². The molecule has 1 aromatic carbocycles. The Bertz CT molecular complexity index is 1380. The lowest BCUT2D eigenvalue weighted by Gasteiger charge is -2.33. The number of rotatable bonds is 2. The van der Waals surface area contributed by atoms with E-state index in [0.29, 0.717) is 52.0 Å². The Morgan fingerprint density at radius 2 is 2.21 bits per heavy atom. The molecule has 1 fully saturated rings. The number of thiazole rings is 1. The van der Waals surface area contributed by atoms with Crippen molar-refractivity contribution in [2.45, 2.75) is 13.0 Å². The number of aromatic nitrogens is 1. The van der Waals surface area contributed by atoms with E-state index in [1.807, 2.05) is 11.8 Å². The van der Waals surface area contributed by atoms with Crippen molar-refractivity contribution in [2.24, 2.45) is 4.99 Å². The number of carbonyl (C=O) groups is 1. The molecule has 1 aliphatic rings. The van der Waals surface area contributed by atoms with Gasteiger partial charge in [-0.3, -0.25) is 14.2 Å². The van der Waals surface area contributed by atoms with E-state index in [9.17, 15) is 14.7 Å². The van der Waals surface area contributed by atoms with Crippen LogP contribution in [-0.4, -0.2) is 48.3 Å². The quantitative estimate of drug-likeness (QED) is 0.521. The molecule has 5 rings (SSSR count). The minimum atomic E-state index is -1.32. The highest BCUT2D eigenvalue weighted by molar-refractivity contribution is 7.16. The number of hydrogen-bond donors (Lipinski definition) is 1. The van der Waals surface area contributed by atoms with Gasteiger partial charge in [0.15, 0.2) is 0 Å². The number of ether oxygens (including phenoxy) is 1. The molecule has 0 radical (unpaired) electrons. The van der Waals surface area contributed by atoms with E-state index in [-0.39, 0.29) is 29.5 Å². The molecule has 152 valence electrons. The molecular formula is C19H17ClFN3O4S. The molecule has 29 heavy (non-hydrogen) atoms. The molecule has 1 aliphatic heterocycles. The summed E-state index contributed by atoms with van der Waals surface area (Å²) in [4.78, 5) is 31.3. The van der Waals surface area contributed by atoms with Crippen molar-refractivity contribution in [3.8, 4) is 0 Å². The molecule has 1 atom stereocenters. The van der Waals surface area contributed by atoms with E-state index < -0.39 is 17.2 Å². The van der Waals surface area contributed by atoms with Crippen LogP contribution in [0.3, 0.4) is 0 Å². The third kappa shape index (κ3) is 2.54. The molecule has 4 aromatic rings. The summed E-state index contributed by atoms with van der Waals surface area (Å²) in [5, 5.41) is 12.5. The topological polar surface area (TPSA) is 83.6 Å². The fourth-order valence-electron chi connectivity index (χ4n) is 4.25. The second kappa shape index (κ2) is 6.79. The highest BCUT2D eigenvalue weighted by Gasteiger charge is 2.30. The number of hydrogen-bond acceptors (Lipinski definition) is 6. The first-order valence-electron chi connectivity index (χ1n) is 8.83. The van der Waals surface area contributed by atoms with Crippen molar-refractivity contribution in [1.82, 2.24) is 4.40 Å². The Labute approximate surface area is 173 Å². The molecule has 0 amide bonds. The van der Waals surface area contributed by atoms with Crippen LogP contribution in [0.1, 0.15) is 17.3 Å². The Morgan fingerprint density at radius 1 is 1.45 bits per heavy atom. The molecule has 1 unspecified atom stereocenters. The van der Waals surface area contributed by atoms with Gasteiger partial charge >= 0.3 is 5.97 Å². The van der Waals surface area contributed by atoms with E-state index in [0.717, 1.165) is 6.07 Å². The van der Waals surface area contributed by atoms with Gasteiger partial charge in [0.2, 0.25) is 5.43 Å². The van der Waals surface area contributed by atoms with Gasteiger partial charge in [-0.15, -0.1) is 23.7 Å². The van der Waals surface area contributed by atoms with Crippen molar-refractivity contribution in [2.75, 3.05) is 31.6 Å². The maximum atomic E-state index is 15.3. The second-order valence-corrected chi connectivity index (χ2v) is 7.81. The molecule has 3 aromatic heterocycles. The summed E-state index contributed by atoms with van der Waals surface area (Å²) in [5.74, 6) is -1.87. The predicted octanol–water partition coefficient (Wildman–Crippen LogP) is 2.56. The molecule has 1 saturated heterocycles. The first-order valence-corrected chi connectivity index (χ1v) is 9.71. The zero-order valence-electron chi connectivity index (χ0n) is 15.6. The number of halogens is 2. The fourth-order valence-corrected chi connectivity index (χ4v) is 5.28. The van der Waals surface area contributed by atoms with E-state index >= 15 is 4.39 Å². The van der Waals surface area contributed by atoms with Crippen LogP contribution < -0.4 is 15.7 Å². The van der Waals surface area contributed by atoms with Gasteiger partial charge in [0.1, 0.15) is 16.2 Å². The summed E-state index contributed by atoms with van der Waals surface area (Å²) in [7, 11) is 1.62. The average molecular weight is 438 g/mol. The van der Waals surface area contributed by atoms with E-state index in [4.69, 9.17) is 4.74 Å². The molecule has 10 heteroatoms. The summed E-state index contributed by atoms with van der Waals surface area (Å²) in [5.41, 5.74) is 0.589. The Kier molecular flexibility index (Phi) is 4.64. The summed E-state index contributed by atoms with van der Waals surface area (Å²) < 4.78 is 22.6. The van der Waals surface area contributed by atoms with Gasteiger partial charge in [0.25, 0.3) is 0 Å². The van der Waals surface area contributed by atoms with Crippen LogP contribution >= 0.6 is 23.7 Å². The average Bonchev–Trinajstić information content (AvgIpc) is 3.19. The largest absolute Gasteiger partial charge is 0.477 e. The van der Waals surface area contributed by atoms with E-state index in [1.165, 1.54) is 11.3 Å². The van der Waals surface area contributed by atoms with E-state index in [2.05, 4.69) is 4.99 Å². The van der Waals surface area contributed by atoms with Gasteiger partial charge in [0, 0.05) is 25.5 Å².